The van der Waals surface area contributed by atoms with Gasteiger partial charge in [0.2, 0.25) is 0 Å². The predicted octanol–water partition coefficient (Wildman–Crippen LogP) is 0.176. The third-order valence-electron chi connectivity index (χ3n) is 2.33. The van der Waals surface area contributed by atoms with Gasteiger partial charge >= 0.3 is 0 Å². The molecule has 2 rings (SSSR count). The Balaban J connectivity index is 2.09. The molecule has 0 aromatic heterocycles. The minimum Gasteiger partial charge on any atom is -0.372 e. The Kier molecular flexibility index (Phi) is 1.02. The monoisotopic (exact) mass is 124 g/mol. The van der Waals surface area contributed by atoms with Gasteiger partial charge in [-0.05, 0) is 12.6 Å². The quantitative estimate of drug-likeness (QED) is 0.536. The van der Waals surface area contributed by atoms with E-state index >= 15 is 0 Å². The first-order chi connectivity index (χ1) is 4.40. The van der Waals surface area contributed by atoms with Gasteiger partial charge in [0.15, 0.2) is 0 Å². The van der Waals surface area contributed by atoms with Crippen LogP contribution in [0.4, 0.5) is 0 Å². The lowest BCUT2D eigenvalue weighted by molar-refractivity contribution is 0.311. The Morgan fingerprint density at radius 3 is 2.89 bits per heavy atom. The minimum absolute atomic E-state index is 0.757. The predicted molar refractivity (Wildman–Crippen MR) is 37.1 cm³/mol. The largest absolute Gasteiger partial charge is 0.372 e. The fraction of sp³-hybridized carbons (Fsp3) is 0.714. The van der Waals surface area contributed by atoms with Gasteiger partial charge in [-0.15, -0.1) is 0 Å². The van der Waals surface area contributed by atoms with E-state index in [4.69, 9.17) is 0 Å². The van der Waals surface area contributed by atoms with Crippen molar-refractivity contribution in [2.75, 3.05) is 13.1 Å². The van der Waals surface area contributed by atoms with Crippen molar-refractivity contribution in [1.82, 2.24) is 10.2 Å². The van der Waals surface area contributed by atoms with Crippen LogP contribution in [0.2, 0.25) is 0 Å². The maximum Gasteiger partial charge on any atom is 0.0425 e. The Bertz CT molecular complexity index is 133. The summed E-state index contributed by atoms with van der Waals surface area (Å²) >= 11 is 0. The normalized spacial score (nSPS) is 39.8. The SMILES string of the molecule is C=CN1CC2CC1CN2. The molecule has 0 spiro atoms. The standard InChI is InChI=1S/C7H12N2/c1-2-9-5-6-3-7(9)4-8-6/h2,6-8H,1,3-5H2. The highest BCUT2D eigenvalue weighted by Crippen LogP contribution is 2.22. The molecule has 1 N–H and O–H groups in total. The number of likely N-dealkylation sites (tertiary alicyclic amines) is 1. The summed E-state index contributed by atoms with van der Waals surface area (Å²) in [7, 11) is 0. The zero-order valence-corrected chi connectivity index (χ0v) is 5.51. The molecule has 2 unspecified atom stereocenters. The van der Waals surface area contributed by atoms with E-state index in [1.165, 1.54) is 13.0 Å². The van der Waals surface area contributed by atoms with Gasteiger partial charge in [-0.25, -0.2) is 0 Å². The molecule has 50 valence electrons. The molecule has 2 saturated heterocycles. The second kappa shape index (κ2) is 1.74. The third-order valence-corrected chi connectivity index (χ3v) is 2.33. The van der Waals surface area contributed by atoms with Gasteiger partial charge in [0.05, 0.1) is 0 Å². The first kappa shape index (κ1) is 5.30. The average Bonchev–Trinajstić information content (AvgIpc) is 2.45. The number of fused-ring (bicyclic) bond motifs is 2. The van der Waals surface area contributed by atoms with E-state index in [0.717, 1.165) is 18.6 Å². The summed E-state index contributed by atoms with van der Waals surface area (Å²) in [4.78, 5) is 2.33. The molecule has 2 atom stereocenters. The molecule has 9 heavy (non-hydrogen) atoms. The molecule has 0 saturated carbocycles. The van der Waals surface area contributed by atoms with E-state index in [1.54, 1.807) is 0 Å². The van der Waals surface area contributed by atoms with Crippen LogP contribution < -0.4 is 5.32 Å². The summed E-state index contributed by atoms with van der Waals surface area (Å²) in [5, 5.41) is 3.43. The topological polar surface area (TPSA) is 15.3 Å². The van der Waals surface area contributed by atoms with Crippen molar-refractivity contribution < 1.29 is 0 Å². The van der Waals surface area contributed by atoms with E-state index in [1.807, 2.05) is 6.20 Å². The second-order valence-electron chi connectivity index (χ2n) is 2.87. The molecule has 0 amide bonds. The molecule has 2 nitrogen and oxygen atoms in total. The average molecular weight is 124 g/mol. The molecule has 0 aromatic carbocycles. The van der Waals surface area contributed by atoms with Crippen molar-refractivity contribution in [2.24, 2.45) is 0 Å². The van der Waals surface area contributed by atoms with E-state index in [-0.39, 0.29) is 0 Å². The smallest absolute Gasteiger partial charge is 0.0425 e. The Labute approximate surface area is 55.5 Å². The van der Waals surface area contributed by atoms with E-state index in [9.17, 15) is 0 Å². The molecule has 2 heterocycles. The Morgan fingerprint density at radius 1 is 1.67 bits per heavy atom. The van der Waals surface area contributed by atoms with Crippen LogP contribution in [-0.2, 0) is 0 Å². The second-order valence-corrected chi connectivity index (χ2v) is 2.87. The summed E-state index contributed by atoms with van der Waals surface area (Å²) in [5.74, 6) is 0. The fourth-order valence-electron chi connectivity index (χ4n) is 1.82. The Hall–Kier alpha value is -0.500. The zero-order chi connectivity index (χ0) is 6.27. The molecule has 2 heteroatoms. The maximum absolute atomic E-state index is 3.76. The summed E-state index contributed by atoms with van der Waals surface area (Å²) < 4.78 is 0. The molecular weight excluding hydrogens is 112 g/mol. The van der Waals surface area contributed by atoms with Gasteiger partial charge < -0.3 is 10.2 Å². The molecule has 0 radical (unpaired) electrons. The van der Waals surface area contributed by atoms with E-state index in [0.29, 0.717) is 0 Å². The van der Waals surface area contributed by atoms with Crippen LogP contribution in [0.15, 0.2) is 12.8 Å². The zero-order valence-electron chi connectivity index (χ0n) is 5.51. The fourth-order valence-corrected chi connectivity index (χ4v) is 1.82. The van der Waals surface area contributed by atoms with Crippen molar-refractivity contribution in [3.8, 4) is 0 Å². The van der Waals surface area contributed by atoms with Crippen molar-refractivity contribution >= 4 is 0 Å². The van der Waals surface area contributed by atoms with Crippen LogP contribution in [-0.4, -0.2) is 30.1 Å². The first-order valence-electron chi connectivity index (χ1n) is 3.52. The van der Waals surface area contributed by atoms with Gasteiger partial charge in [-0.3, -0.25) is 0 Å². The van der Waals surface area contributed by atoms with Gasteiger partial charge in [0, 0.05) is 25.2 Å². The van der Waals surface area contributed by atoms with Crippen molar-refractivity contribution in [3.63, 3.8) is 0 Å². The van der Waals surface area contributed by atoms with Crippen molar-refractivity contribution in [2.45, 2.75) is 18.5 Å². The third kappa shape index (κ3) is 0.663. The molecule has 0 aromatic rings. The summed E-state index contributed by atoms with van der Waals surface area (Å²) in [5.41, 5.74) is 0. The number of piperazine rings is 1. The number of rotatable bonds is 1. The van der Waals surface area contributed by atoms with Gasteiger partial charge in [-0.1, -0.05) is 6.58 Å². The highest BCUT2D eigenvalue weighted by molar-refractivity contribution is 5.00. The van der Waals surface area contributed by atoms with Gasteiger partial charge in [-0.2, -0.15) is 0 Å². The number of hydrogen-bond donors (Lipinski definition) is 1. The molecule has 0 aliphatic carbocycles. The Morgan fingerprint density at radius 2 is 2.56 bits per heavy atom. The summed E-state index contributed by atoms with van der Waals surface area (Å²) in [6.45, 7) is 6.10. The minimum atomic E-state index is 0.757. The summed E-state index contributed by atoms with van der Waals surface area (Å²) in [6, 6.07) is 1.51. The van der Waals surface area contributed by atoms with E-state index < -0.39 is 0 Å². The molecule has 2 bridgehead atoms. The lowest BCUT2D eigenvalue weighted by Crippen LogP contribution is -2.40. The molecule has 2 aliphatic heterocycles. The maximum atomic E-state index is 3.76. The van der Waals surface area contributed by atoms with E-state index in [2.05, 4.69) is 16.8 Å². The van der Waals surface area contributed by atoms with Gasteiger partial charge in [0.1, 0.15) is 0 Å². The van der Waals surface area contributed by atoms with Crippen LogP contribution in [0.3, 0.4) is 0 Å². The summed E-state index contributed by atoms with van der Waals surface area (Å²) in [6.07, 6.45) is 3.29. The lowest BCUT2D eigenvalue weighted by Gasteiger charge is -2.24. The number of hydrogen-bond acceptors (Lipinski definition) is 2. The number of nitrogens with one attached hydrogen (secondary N) is 1. The number of nitrogens with zero attached hydrogens (tertiary/aromatic N) is 1. The van der Waals surface area contributed by atoms with Gasteiger partial charge in [0.25, 0.3) is 0 Å². The lowest BCUT2D eigenvalue weighted by atomic mass is 10.2. The van der Waals surface area contributed by atoms with Crippen LogP contribution in [0.5, 0.6) is 0 Å². The highest BCUT2D eigenvalue weighted by atomic mass is 15.3. The highest BCUT2D eigenvalue weighted by Gasteiger charge is 2.35. The molecule has 2 aliphatic rings. The van der Waals surface area contributed by atoms with Crippen molar-refractivity contribution in [1.29, 1.82) is 0 Å². The first-order valence-corrected chi connectivity index (χ1v) is 3.52. The van der Waals surface area contributed by atoms with Crippen molar-refractivity contribution in [3.05, 3.63) is 12.8 Å². The van der Waals surface area contributed by atoms with Crippen LogP contribution in [0.1, 0.15) is 6.42 Å². The van der Waals surface area contributed by atoms with Crippen LogP contribution >= 0.6 is 0 Å². The van der Waals surface area contributed by atoms with Crippen LogP contribution in [0, 0.1) is 0 Å². The van der Waals surface area contributed by atoms with Crippen LogP contribution in [0.25, 0.3) is 0 Å². The molecular formula is C7H12N2. The molecule has 2 fully saturated rings.